The number of halogens is 4. The lowest BCUT2D eigenvalue weighted by Crippen LogP contribution is -2.51. The molecule has 8 aromatic carbocycles. The van der Waals surface area contributed by atoms with E-state index in [9.17, 15) is 27.2 Å². The van der Waals surface area contributed by atoms with E-state index in [2.05, 4.69) is 169 Å². The van der Waals surface area contributed by atoms with Crippen LogP contribution in [0.3, 0.4) is 0 Å². The molecule has 0 saturated carbocycles. The van der Waals surface area contributed by atoms with Gasteiger partial charge in [-0.05, 0) is 198 Å². The predicted octanol–water partition coefficient (Wildman–Crippen LogP) is 14.1. The van der Waals surface area contributed by atoms with Gasteiger partial charge in [-0.1, -0.05) is 48.5 Å². The van der Waals surface area contributed by atoms with Crippen LogP contribution >= 0.6 is 0 Å². The Morgan fingerprint density at radius 1 is 0.375 bits per heavy atom. The van der Waals surface area contributed by atoms with E-state index >= 15 is 0 Å². The third-order valence-corrected chi connectivity index (χ3v) is 28.6. The van der Waals surface area contributed by atoms with E-state index < -0.39 is 0 Å². The lowest BCUT2D eigenvalue weighted by molar-refractivity contribution is -0.117. The van der Waals surface area contributed by atoms with Crippen LogP contribution in [0.5, 0.6) is 0 Å². The summed E-state index contributed by atoms with van der Waals surface area (Å²) in [5.74, 6) is 1.47. The molecule has 0 bridgehead atoms. The Morgan fingerprint density at radius 2 is 0.733 bits per heavy atom. The summed E-state index contributed by atoms with van der Waals surface area (Å²) in [5, 5.41) is 40.1. The first-order valence-electron chi connectivity index (χ1n) is 43.7. The maximum Gasteiger partial charge on any atom is 0.246 e. The highest BCUT2D eigenvalue weighted by molar-refractivity contribution is 6.05. The number of para-hydroxylation sites is 4. The number of nitrogens with one attached hydrogen (secondary N) is 6. The van der Waals surface area contributed by atoms with Gasteiger partial charge in [-0.2, -0.15) is 20.4 Å². The van der Waals surface area contributed by atoms with Crippen LogP contribution in [0, 0.1) is 23.3 Å². The number of aromatic nitrogens is 8. The second kappa shape index (κ2) is 31.8. The molecule has 120 heavy (non-hydrogen) atoms. The SMILES string of the molecule is CN1C(=O)CN2c3c(cccc31)[C@@H]1CN(CCCc3[nH]nc4cc(F)ccc34)CC[C@@H]12.CN1CCN2c3c(cccc31)[C@@H]1CN(CCCc3[nH]nc4cc(F)ccc34)CC[C@@H]12.Fc1ccc2c(CCCN3CC[C@H]4[C@@H](C3)c3cccc5c3N4CCN5)[nH]nc2c1.O=C1CN2c3c(cccc3[C@@H]3CN(CCCc4[nH]nc5cc(F)ccc45)CC[C@@H]32)N1. The largest absolute Gasteiger partial charge is 0.382 e. The van der Waals surface area contributed by atoms with Crippen molar-refractivity contribution in [3.8, 4) is 0 Å². The number of piperidine rings is 4. The van der Waals surface area contributed by atoms with Gasteiger partial charge < -0.3 is 59.6 Å². The topological polar surface area (TPSA) is 205 Å². The van der Waals surface area contributed by atoms with Gasteiger partial charge in [0, 0.05) is 209 Å². The Bertz CT molecular complexity index is 5880. The van der Waals surface area contributed by atoms with E-state index in [1.807, 2.05) is 42.3 Å². The smallest absolute Gasteiger partial charge is 0.246 e. The van der Waals surface area contributed by atoms with Gasteiger partial charge in [-0.25, -0.2) is 17.6 Å². The fourth-order valence-electron chi connectivity index (χ4n) is 22.9. The number of H-pyrrole nitrogens is 4. The first-order valence-corrected chi connectivity index (χ1v) is 43.7. The number of likely N-dealkylation sites (N-methyl/N-ethyl adjacent to an activating group) is 2. The van der Waals surface area contributed by atoms with Crippen LogP contribution in [-0.2, 0) is 35.3 Å². The molecule has 4 fully saturated rings. The Kier molecular flexibility index (Phi) is 20.2. The van der Waals surface area contributed by atoms with Crippen LogP contribution in [-0.4, -0.2) is 228 Å². The number of amides is 2. The van der Waals surface area contributed by atoms with E-state index in [1.165, 1.54) is 125 Å². The van der Waals surface area contributed by atoms with Gasteiger partial charge in [0.25, 0.3) is 0 Å². The third kappa shape index (κ3) is 14.1. The van der Waals surface area contributed by atoms with Gasteiger partial charge in [0.2, 0.25) is 11.8 Å². The van der Waals surface area contributed by atoms with E-state index in [0.717, 1.165) is 223 Å². The van der Waals surface area contributed by atoms with Gasteiger partial charge in [-0.15, -0.1) is 0 Å². The molecule has 620 valence electrons. The molecule has 12 aliphatic heterocycles. The number of rotatable bonds is 16. The van der Waals surface area contributed by atoms with E-state index in [4.69, 9.17) is 0 Å². The zero-order chi connectivity index (χ0) is 81.0. The summed E-state index contributed by atoms with van der Waals surface area (Å²) in [6.07, 6.45) is 12.6. The minimum Gasteiger partial charge on any atom is -0.382 e. The molecule has 12 aliphatic rings. The number of hydrogen-bond donors (Lipinski definition) is 6. The maximum absolute atomic E-state index is 13.4. The number of likely N-dealkylation sites (tertiary alicyclic amines) is 4. The van der Waals surface area contributed by atoms with Gasteiger partial charge in [0.1, 0.15) is 23.3 Å². The van der Waals surface area contributed by atoms with E-state index in [1.54, 1.807) is 5.56 Å². The van der Waals surface area contributed by atoms with E-state index in [-0.39, 0.29) is 35.1 Å². The van der Waals surface area contributed by atoms with Crippen LogP contribution in [0.25, 0.3) is 43.6 Å². The molecule has 4 aromatic heterocycles. The minimum atomic E-state index is -0.252. The number of aromatic amines is 4. The number of anilines is 8. The summed E-state index contributed by atoms with van der Waals surface area (Å²) in [5.41, 5.74) is 23.3. The summed E-state index contributed by atoms with van der Waals surface area (Å²) >= 11 is 0. The monoisotopic (exact) mass is 1620 g/mol. The van der Waals surface area contributed by atoms with Crippen molar-refractivity contribution in [2.24, 2.45) is 0 Å². The molecule has 6 N–H and O–H groups in total. The molecule has 0 radical (unpaired) electrons. The second-order valence-electron chi connectivity index (χ2n) is 35.3. The molecule has 24 rings (SSSR count). The van der Waals surface area contributed by atoms with Crippen molar-refractivity contribution >= 4 is 101 Å². The third-order valence-electron chi connectivity index (χ3n) is 28.6. The van der Waals surface area contributed by atoms with E-state index in [0.29, 0.717) is 72.0 Å². The summed E-state index contributed by atoms with van der Waals surface area (Å²) in [6, 6.07) is 47.8. The van der Waals surface area contributed by atoms with Crippen molar-refractivity contribution in [3.63, 3.8) is 0 Å². The minimum absolute atomic E-state index is 0.0920. The molecule has 0 unspecified atom stereocenters. The Morgan fingerprint density at radius 3 is 1.17 bits per heavy atom. The standard InChI is InChI=1S/C24H26FN5O.C24H28FN5.C23H24FN5O.C23H26FN5/c1-28-22-6-2-4-16-18-13-29(11-9-21(18)30(24(16)22)14-23(28)31)10-3-5-19-17-8-7-15(25)12-20(17)27-26-19;1-28-12-13-30-22-9-11-29(15-19(22)17-4-2-6-23(28)24(17)30)10-3-5-20-18-8-7-16(25)14-21(18)27-26-20;24-14-6-7-16-18(26-27-20(16)11-14)5-2-9-28-10-8-21-17(12-28)15-3-1-4-19-23(15)29(21)13-22(30)25-19;24-15-6-7-17-19(26-27-21(17)13-15)5-2-10-28-11-8-22-18(14-28)16-3-1-4-20-23(16)29(22)12-9-25-20/h2,4,6-8,12,18,21H,3,5,9-11,13-14H2,1H3,(H,26,27);2,4,6-8,14,19,22H,3,5,9-13,15H2,1H3,(H,26,27);1,3-4,6-7,11,17,21H,2,5,8-10,12-13H2,(H,25,30)(H,26,27);1,3-4,6-7,13,18,22,25H,2,5,8-12,14H2,(H,26,27)/t18-,21-;19-,22-;17-,21-;18-,22-/m0000/s1. The molecule has 26 heteroatoms. The van der Waals surface area contributed by atoms with Crippen molar-refractivity contribution in [1.82, 2.24) is 60.4 Å². The number of fused-ring (bicyclic) bond motifs is 16. The van der Waals surface area contributed by atoms with Crippen molar-refractivity contribution in [2.75, 3.05) is 172 Å². The van der Waals surface area contributed by atoms with Crippen LogP contribution in [0.4, 0.5) is 63.1 Å². The Hall–Kier alpha value is -11.1. The number of benzene rings is 8. The van der Waals surface area contributed by atoms with Crippen molar-refractivity contribution in [2.45, 2.75) is 125 Å². The summed E-state index contributed by atoms with van der Waals surface area (Å²) in [4.78, 5) is 49.3. The highest BCUT2D eigenvalue weighted by atomic mass is 19.1. The zero-order valence-corrected chi connectivity index (χ0v) is 68.3. The highest BCUT2D eigenvalue weighted by Gasteiger charge is 2.50. The predicted molar refractivity (Wildman–Crippen MR) is 467 cm³/mol. The van der Waals surface area contributed by atoms with Crippen LogP contribution in [0.15, 0.2) is 146 Å². The van der Waals surface area contributed by atoms with Crippen LogP contribution in [0.1, 0.15) is 120 Å². The van der Waals surface area contributed by atoms with Gasteiger partial charge >= 0.3 is 0 Å². The number of hydrogen-bond acceptors (Lipinski definition) is 16. The zero-order valence-electron chi connectivity index (χ0n) is 68.3. The molecule has 0 spiro atoms. The number of aryl methyl sites for hydroxylation is 4. The molecule has 0 aliphatic carbocycles. The molecule has 4 saturated heterocycles. The number of carbonyl (C=O) groups is 2. The lowest BCUT2D eigenvalue weighted by Gasteiger charge is -2.41. The summed E-state index contributed by atoms with van der Waals surface area (Å²) < 4.78 is 53.5. The maximum atomic E-state index is 13.4. The van der Waals surface area contributed by atoms with Crippen molar-refractivity contribution in [3.05, 3.63) is 214 Å². The molecule has 8 atom stereocenters. The fraction of sp³-hybridized carbons (Fsp3) is 0.426. The first-order chi connectivity index (χ1) is 58.7. The van der Waals surface area contributed by atoms with Gasteiger partial charge in [0.05, 0.1) is 80.7 Å². The molecule has 12 aromatic rings. The lowest BCUT2D eigenvalue weighted by atomic mass is 9.89. The number of nitrogens with zero attached hydrogens (tertiary/aromatic N) is 14. The average Bonchev–Trinajstić information content (AvgIpc) is 1.59. The summed E-state index contributed by atoms with van der Waals surface area (Å²) in [7, 11) is 4.10. The first kappa shape index (κ1) is 76.3. The van der Waals surface area contributed by atoms with Crippen LogP contribution in [0.2, 0.25) is 0 Å². The fourth-order valence-corrected chi connectivity index (χ4v) is 22.9. The van der Waals surface area contributed by atoms with Crippen molar-refractivity contribution < 1.29 is 27.2 Å². The van der Waals surface area contributed by atoms with Crippen molar-refractivity contribution in [1.29, 1.82) is 0 Å². The average molecular weight is 1620 g/mol. The highest BCUT2D eigenvalue weighted by Crippen LogP contribution is 2.55. The Balaban J connectivity index is 0.0000000990. The number of carbonyl (C=O) groups excluding carboxylic acids is 2. The quantitative estimate of drug-likeness (QED) is 0.0498. The molecule has 22 nitrogen and oxygen atoms in total. The van der Waals surface area contributed by atoms with Gasteiger partial charge in [-0.3, -0.25) is 30.0 Å². The molecule has 16 heterocycles. The van der Waals surface area contributed by atoms with Crippen LogP contribution < -0.4 is 40.0 Å². The van der Waals surface area contributed by atoms with Gasteiger partial charge in [0.15, 0.2) is 0 Å². The molecular weight excluding hydrogens is 1520 g/mol. The Labute approximate surface area is 695 Å². The molecule has 2 amide bonds. The normalized spacial score (nSPS) is 23.0. The molecular formula is C94H104F4N20O2. The second-order valence-corrected chi connectivity index (χ2v) is 35.3. The summed E-state index contributed by atoms with van der Waals surface area (Å²) in [6.45, 7) is 18.5.